The zero-order valence-corrected chi connectivity index (χ0v) is 16.2. The van der Waals surface area contributed by atoms with Crippen molar-refractivity contribution in [3.63, 3.8) is 0 Å². The van der Waals surface area contributed by atoms with E-state index < -0.39 is 0 Å². The van der Waals surface area contributed by atoms with Crippen LogP contribution >= 0.6 is 0 Å². The van der Waals surface area contributed by atoms with E-state index in [4.69, 9.17) is 18.6 Å². The van der Waals surface area contributed by atoms with Crippen molar-refractivity contribution in [1.29, 1.82) is 0 Å². The normalized spacial score (nSPS) is 10.4. The lowest BCUT2D eigenvalue weighted by atomic mass is 9.96. The predicted octanol–water partition coefficient (Wildman–Crippen LogP) is 4.93. The van der Waals surface area contributed by atoms with Gasteiger partial charge in [-0.05, 0) is 42.8 Å². The van der Waals surface area contributed by atoms with E-state index in [0.29, 0.717) is 46.1 Å². The van der Waals surface area contributed by atoms with Gasteiger partial charge in [0.05, 0.1) is 38.7 Å². The maximum atomic E-state index is 13.3. The fourth-order valence-electron chi connectivity index (χ4n) is 3.20. The molecule has 2 aromatic carbocycles. The van der Waals surface area contributed by atoms with Crippen LogP contribution in [-0.2, 0) is 6.42 Å². The first kappa shape index (κ1) is 19.3. The maximum Gasteiger partial charge on any atom is 0.196 e. The molecule has 28 heavy (non-hydrogen) atoms. The lowest BCUT2D eigenvalue weighted by Gasteiger charge is -2.15. The third kappa shape index (κ3) is 3.51. The Bertz CT molecular complexity index is 986. The summed E-state index contributed by atoms with van der Waals surface area (Å²) in [6.07, 6.45) is 3.88. The lowest BCUT2D eigenvalue weighted by Crippen LogP contribution is -2.07. The van der Waals surface area contributed by atoms with Crippen LogP contribution in [0, 0.1) is 0 Å². The molecule has 0 unspecified atom stereocenters. The minimum absolute atomic E-state index is 0.184. The summed E-state index contributed by atoms with van der Waals surface area (Å²) in [5.74, 6) is 1.99. The molecular weight excluding hydrogens is 356 g/mol. The Balaban J connectivity index is 2.13. The van der Waals surface area contributed by atoms with Crippen LogP contribution in [-0.4, -0.2) is 27.1 Å². The van der Waals surface area contributed by atoms with E-state index in [1.165, 1.54) is 7.11 Å². The van der Waals surface area contributed by atoms with E-state index in [0.717, 1.165) is 5.56 Å². The van der Waals surface area contributed by atoms with Crippen LogP contribution in [0.3, 0.4) is 0 Å². The Labute approximate surface area is 164 Å². The number of carbonyl (C=O) groups excluding carboxylic acids is 1. The minimum Gasteiger partial charge on any atom is -0.495 e. The molecule has 0 fully saturated rings. The van der Waals surface area contributed by atoms with Gasteiger partial charge < -0.3 is 18.6 Å². The molecule has 0 aliphatic rings. The van der Waals surface area contributed by atoms with Gasteiger partial charge in [0.2, 0.25) is 0 Å². The second-order valence-corrected chi connectivity index (χ2v) is 6.06. The number of para-hydroxylation sites is 1. The number of ketones is 1. The minimum atomic E-state index is -0.184. The summed E-state index contributed by atoms with van der Waals surface area (Å²) in [6, 6.07) is 12.5. The van der Waals surface area contributed by atoms with Gasteiger partial charge in [-0.15, -0.1) is 6.58 Å². The molecule has 144 valence electrons. The number of ether oxygens (including phenoxy) is 3. The molecule has 1 heterocycles. The first-order valence-electron chi connectivity index (χ1n) is 8.76. The second kappa shape index (κ2) is 8.48. The summed E-state index contributed by atoms with van der Waals surface area (Å²) in [6.45, 7) is 3.78. The summed E-state index contributed by atoms with van der Waals surface area (Å²) in [4.78, 5) is 13.3. The predicted molar refractivity (Wildman–Crippen MR) is 108 cm³/mol. The Morgan fingerprint density at radius 3 is 2.43 bits per heavy atom. The van der Waals surface area contributed by atoms with Gasteiger partial charge in [-0.2, -0.15) is 0 Å². The van der Waals surface area contributed by atoms with Gasteiger partial charge in [0.1, 0.15) is 11.5 Å². The number of carbonyl (C=O) groups is 1. The summed E-state index contributed by atoms with van der Waals surface area (Å²) in [5.41, 5.74) is 2.45. The van der Waals surface area contributed by atoms with Crippen molar-refractivity contribution in [2.24, 2.45) is 0 Å². The van der Waals surface area contributed by atoms with Crippen LogP contribution in [0.15, 0.2) is 65.8 Å². The highest BCUT2D eigenvalue weighted by Crippen LogP contribution is 2.37. The molecule has 0 radical (unpaired) electrons. The summed E-state index contributed by atoms with van der Waals surface area (Å²) in [7, 11) is 4.65. The average Bonchev–Trinajstić information content (AvgIpc) is 3.26. The van der Waals surface area contributed by atoms with E-state index >= 15 is 0 Å². The molecule has 3 rings (SSSR count). The van der Waals surface area contributed by atoms with Crippen molar-refractivity contribution in [2.45, 2.75) is 6.42 Å². The molecule has 0 saturated heterocycles. The zero-order chi connectivity index (χ0) is 20.1. The molecule has 0 spiro atoms. The first-order valence-corrected chi connectivity index (χ1v) is 8.76. The Morgan fingerprint density at radius 1 is 1.04 bits per heavy atom. The van der Waals surface area contributed by atoms with Crippen molar-refractivity contribution < 1.29 is 23.4 Å². The summed E-state index contributed by atoms with van der Waals surface area (Å²) in [5, 5.41) is 0. The average molecular weight is 378 g/mol. The first-order chi connectivity index (χ1) is 13.6. The van der Waals surface area contributed by atoms with Crippen molar-refractivity contribution in [1.82, 2.24) is 0 Å². The molecular formula is C23H22O5. The van der Waals surface area contributed by atoms with Gasteiger partial charge in [-0.25, -0.2) is 0 Å². The summed E-state index contributed by atoms with van der Waals surface area (Å²) < 4.78 is 21.9. The van der Waals surface area contributed by atoms with Crippen molar-refractivity contribution in [3.8, 4) is 28.6 Å². The van der Waals surface area contributed by atoms with Crippen molar-refractivity contribution >= 4 is 5.78 Å². The van der Waals surface area contributed by atoms with Gasteiger partial charge in [-0.1, -0.05) is 12.1 Å². The smallest absolute Gasteiger partial charge is 0.196 e. The molecule has 1 aromatic heterocycles. The number of hydrogen-bond acceptors (Lipinski definition) is 5. The number of furan rings is 1. The molecule has 0 aliphatic heterocycles. The van der Waals surface area contributed by atoms with Crippen LogP contribution in [0.25, 0.3) is 11.3 Å². The monoisotopic (exact) mass is 378 g/mol. The van der Waals surface area contributed by atoms with Crippen LogP contribution in [0.2, 0.25) is 0 Å². The van der Waals surface area contributed by atoms with Crippen LogP contribution in [0.5, 0.6) is 17.2 Å². The molecule has 0 amide bonds. The fraction of sp³-hybridized carbons (Fsp3) is 0.174. The van der Waals surface area contributed by atoms with Crippen molar-refractivity contribution in [2.75, 3.05) is 21.3 Å². The standard InChI is InChI=1S/C23H22O5/c1-5-8-15-13-16(14-20(25-2)22(15)26-3)21(24)18-10-6-9-17(23(18)27-4)19-11-7-12-28-19/h5-7,9-14H,1,8H2,2-4H3. The molecule has 5 heteroatoms. The van der Waals surface area contributed by atoms with Crippen LogP contribution < -0.4 is 14.2 Å². The highest BCUT2D eigenvalue weighted by molar-refractivity contribution is 6.12. The fourth-order valence-corrected chi connectivity index (χ4v) is 3.20. The van der Waals surface area contributed by atoms with Gasteiger partial charge >= 0.3 is 0 Å². The topological polar surface area (TPSA) is 57.9 Å². The zero-order valence-electron chi connectivity index (χ0n) is 16.2. The third-order valence-corrected chi connectivity index (χ3v) is 4.43. The van der Waals surface area contributed by atoms with E-state index in [-0.39, 0.29) is 5.78 Å². The number of allylic oxidation sites excluding steroid dienone is 1. The Morgan fingerprint density at radius 2 is 1.82 bits per heavy atom. The number of hydrogen-bond donors (Lipinski definition) is 0. The lowest BCUT2D eigenvalue weighted by molar-refractivity contribution is 0.103. The quantitative estimate of drug-likeness (QED) is 0.411. The molecule has 3 aromatic rings. The highest BCUT2D eigenvalue weighted by Gasteiger charge is 2.22. The molecule has 0 aliphatic carbocycles. The maximum absolute atomic E-state index is 13.3. The molecule has 0 N–H and O–H groups in total. The molecule has 0 bridgehead atoms. The highest BCUT2D eigenvalue weighted by atomic mass is 16.5. The van der Waals surface area contributed by atoms with E-state index in [1.54, 1.807) is 56.9 Å². The second-order valence-electron chi connectivity index (χ2n) is 6.06. The van der Waals surface area contributed by atoms with Crippen LogP contribution in [0.1, 0.15) is 21.5 Å². The van der Waals surface area contributed by atoms with E-state index in [9.17, 15) is 4.79 Å². The number of benzene rings is 2. The van der Waals surface area contributed by atoms with E-state index in [1.807, 2.05) is 12.1 Å². The van der Waals surface area contributed by atoms with Gasteiger partial charge in [-0.3, -0.25) is 4.79 Å². The molecule has 0 saturated carbocycles. The SMILES string of the molecule is C=CCc1cc(C(=O)c2cccc(-c3ccco3)c2OC)cc(OC)c1OC. The molecule has 5 nitrogen and oxygen atoms in total. The van der Waals surface area contributed by atoms with Gasteiger partial charge in [0.25, 0.3) is 0 Å². The summed E-state index contributed by atoms with van der Waals surface area (Å²) >= 11 is 0. The largest absolute Gasteiger partial charge is 0.495 e. The van der Waals surface area contributed by atoms with Gasteiger partial charge in [0, 0.05) is 11.1 Å². The Kier molecular flexibility index (Phi) is 5.84. The molecule has 0 atom stereocenters. The van der Waals surface area contributed by atoms with Crippen molar-refractivity contribution in [3.05, 3.63) is 78.1 Å². The van der Waals surface area contributed by atoms with Crippen LogP contribution in [0.4, 0.5) is 0 Å². The Hall–Kier alpha value is -3.47. The number of rotatable bonds is 8. The van der Waals surface area contributed by atoms with Gasteiger partial charge in [0.15, 0.2) is 17.3 Å². The third-order valence-electron chi connectivity index (χ3n) is 4.43. The van der Waals surface area contributed by atoms with E-state index in [2.05, 4.69) is 6.58 Å². The number of methoxy groups -OCH3 is 3.